The first-order chi connectivity index (χ1) is 10.5. The monoisotopic (exact) mass is 369 g/mol. The number of phenolic OH excluding ortho intramolecular Hbond substituents is 1. The van der Waals surface area contributed by atoms with Gasteiger partial charge in [0, 0.05) is 10.0 Å². The molecule has 10 nitrogen and oxygen atoms in total. The molecule has 1 aromatic carbocycles. The molecule has 2 aromatic rings. The number of carbonyl (C=O) groups excluding carboxylic acids is 1. The van der Waals surface area contributed by atoms with Gasteiger partial charge in [0.1, 0.15) is 6.54 Å². The van der Waals surface area contributed by atoms with Crippen molar-refractivity contribution in [3.63, 3.8) is 0 Å². The Hall–Kier alpha value is -2.69. The number of methoxy groups -OCH3 is 1. The van der Waals surface area contributed by atoms with Crippen molar-refractivity contribution < 1.29 is 14.6 Å². The van der Waals surface area contributed by atoms with Crippen molar-refractivity contribution in [2.24, 2.45) is 5.10 Å². The van der Waals surface area contributed by atoms with E-state index in [1.54, 1.807) is 12.1 Å². The van der Waals surface area contributed by atoms with E-state index in [0.717, 1.165) is 4.68 Å². The van der Waals surface area contributed by atoms with E-state index in [9.17, 15) is 9.90 Å². The van der Waals surface area contributed by atoms with Crippen LogP contribution in [-0.4, -0.2) is 44.5 Å². The lowest BCUT2D eigenvalue weighted by Gasteiger charge is -2.06. The van der Waals surface area contributed by atoms with Crippen LogP contribution in [0.2, 0.25) is 0 Å². The number of halogens is 1. The number of hydrazone groups is 1. The Morgan fingerprint density at radius 2 is 2.41 bits per heavy atom. The van der Waals surface area contributed by atoms with Gasteiger partial charge in [-0.2, -0.15) is 5.10 Å². The van der Waals surface area contributed by atoms with Crippen LogP contribution in [0.3, 0.4) is 0 Å². The lowest BCUT2D eigenvalue weighted by Crippen LogP contribution is -2.24. The summed E-state index contributed by atoms with van der Waals surface area (Å²) < 4.78 is 6.82. The van der Waals surface area contributed by atoms with E-state index in [4.69, 9.17) is 10.5 Å². The molecule has 2 rings (SSSR count). The number of aromatic hydroxyl groups is 1. The lowest BCUT2D eigenvalue weighted by molar-refractivity contribution is -0.121. The van der Waals surface area contributed by atoms with Gasteiger partial charge in [-0.25, -0.2) is 10.1 Å². The van der Waals surface area contributed by atoms with Gasteiger partial charge in [0.05, 0.1) is 13.3 Å². The van der Waals surface area contributed by atoms with E-state index < -0.39 is 5.91 Å². The van der Waals surface area contributed by atoms with Crippen LogP contribution in [0.4, 0.5) is 5.95 Å². The fourth-order valence-electron chi connectivity index (χ4n) is 1.52. The van der Waals surface area contributed by atoms with Crippen molar-refractivity contribution in [2.45, 2.75) is 6.54 Å². The van der Waals surface area contributed by atoms with Crippen LogP contribution >= 0.6 is 15.9 Å². The second-order valence-corrected chi connectivity index (χ2v) is 4.95. The van der Waals surface area contributed by atoms with Gasteiger partial charge in [0.15, 0.2) is 11.5 Å². The average molecular weight is 370 g/mol. The van der Waals surface area contributed by atoms with Gasteiger partial charge in [0.25, 0.3) is 5.91 Å². The summed E-state index contributed by atoms with van der Waals surface area (Å²) in [6.07, 6.45) is 1.28. The minimum atomic E-state index is -0.475. The Kier molecular flexibility index (Phi) is 4.88. The van der Waals surface area contributed by atoms with Gasteiger partial charge in [-0.3, -0.25) is 4.79 Å². The minimum Gasteiger partial charge on any atom is -0.504 e. The highest BCUT2D eigenvalue weighted by Crippen LogP contribution is 2.32. The smallest absolute Gasteiger partial charge is 0.261 e. The zero-order valence-corrected chi connectivity index (χ0v) is 13.0. The molecule has 0 fully saturated rings. The maximum absolute atomic E-state index is 11.6. The summed E-state index contributed by atoms with van der Waals surface area (Å²) in [5.41, 5.74) is 8.07. The molecule has 0 spiro atoms. The number of nitrogens with two attached hydrogens (primary N) is 1. The first-order valence-corrected chi connectivity index (χ1v) is 6.70. The first-order valence-electron chi connectivity index (χ1n) is 5.91. The van der Waals surface area contributed by atoms with Crippen molar-refractivity contribution in [3.8, 4) is 11.5 Å². The summed E-state index contributed by atoms with van der Waals surface area (Å²) in [5.74, 6) is -0.262. The third-order valence-corrected chi connectivity index (χ3v) is 2.99. The van der Waals surface area contributed by atoms with Crippen molar-refractivity contribution in [1.82, 2.24) is 25.6 Å². The molecule has 1 amide bonds. The van der Waals surface area contributed by atoms with Crippen LogP contribution in [0, 0.1) is 0 Å². The number of anilines is 1. The molecule has 0 unspecified atom stereocenters. The van der Waals surface area contributed by atoms with Gasteiger partial charge < -0.3 is 15.6 Å². The third kappa shape index (κ3) is 3.69. The number of nitrogen functional groups attached to an aromatic ring is 1. The van der Waals surface area contributed by atoms with E-state index >= 15 is 0 Å². The van der Waals surface area contributed by atoms with Crippen LogP contribution in [0.5, 0.6) is 11.5 Å². The molecule has 0 bridgehead atoms. The van der Waals surface area contributed by atoms with E-state index in [2.05, 4.69) is 42.0 Å². The number of benzene rings is 1. The molecule has 0 saturated carbocycles. The molecule has 0 radical (unpaired) electrons. The van der Waals surface area contributed by atoms with Crippen molar-refractivity contribution in [3.05, 3.63) is 22.2 Å². The van der Waals surface area contributed by atoms with Crippen molar-refractivity contribution >= 4 is 34.0 Å². The van der Waals surface area contributed by atoms with E-state index in [-0.39, 0.29) is 24.0 Å². The summed E-state index contributed by atoms with van der Waals surface area (Å²) >= 11 is 3.28. The highest BCUT2D eigenvalue weighted by molar-refractivity contribution is 9.10. The van der Waals surface area contributed by atoms with E-state index in [1.807, 2.05) is 0 Å². The summed E-state index contributed by atoms with van der Waals surface area (Å²) in [6.45, 7) is -0.177. The number of amides is 1. The zero-order chi connectivity index (χ0) is 16.1. The average Bonchev–Trinajstić information content (AvgIpc) is 2.87. The fraction of sp³-hybridized carbons (Fsp3) is 0.182. The molecule has 0 aliphatic rings. The molecule has 0 aliphatic carbocycles. The molecular weight excluding hydrogens is 358 g/mol. The van der Waals surface area contributed by atoms with Crippen LogP contribution < -0.4 is 15.9 Å². The van der Waals surface area contributed by atoms with E-state index in [0.29, 0.717) is 10.0 Å². The maximum Gasteiger partial charge on any atom is 0.261 e. The van der Waals surface area contributed by atoms with Crippen LogP contribution in [0.25, 0.3) is 0 Å². The summed E-state index contributed by atoms with van der Waals surface area (Å²) in [5, 5.41) is 24.0. The molecule has 22 heavy (non-hydrogen) atoms. The van der Waals surface area contributed by atoms with Crippen LogP contribution in [-0.2, 0) is 11.3 Å². The number of hydrogen-bond donors (Lipinski definition) is 3. The molecule has 116 valence electrons. The maximum atomic E-state index is 11.6. The molecule has 1 aromatic heterocycles. The number of hydrogen-bond acceptors (Lipinski definition) is 8. The third-order valence-electron chi connectivity index (χ3n) is 2.53. The largest absolute Gasteiger partial charge is 0.504 e. The summed E-state index contributed by atoms with van der Waals surface area (Å²) in [4.78, 5) is 11.6. The molecular formula is C11H12BrN7O3. The number of nitrogens with zero attached hydrogens (tertiary/aromatic N) is 5. The second-order valence-electron chi connectivity index (χ2n) is 4.03. The number of carbonyl (C=O) groups is 1. The minimum absolute atomic E-state index is 0.0218. The second kappa shape index (κ2) is 6.85. The molecule has 0 atom stereocenters. The Labute approximate surface area is 133 Å². The lowest BCUT2D eigenvalue weighted by atomic mass is 10.2. The SMILES string of the molecule is COc1cc(Br)cc(/C=N\NC(=O)Cn2nnnc2N)c1O. The molecule has 0 aliphatic heterocycles. The number of ether oxygens (including phenoxy) is 1. The van der Waals surface area contributed by atoms with Gasteiger partial charge >= 0.3 is 0 Å². The van der Waals surface area contributed by atoms with Crippen molar-refractivity contribution in [2.75, 3.05) is 12.8 Å². The number of phenols is 1. The highest BCUT2D eigenvalue weighted by atomic mass is 79.9. The highest BCUT2D eigenvalue weighted by Gasteiger charge is 2.09. The number of tetrazole rings is 1. The Bertz CT molecular complexity index is 716. The number of rotatable bonds is 5. The van der Waals surface area contributed by atoms with E-state index in [1.165, 1.54) is 13.3 Å². The first kappa shape index (κ1) is 15.7. The van der Waals surface area contributed by atoms with Gasteiger partial charge in [-0.1, -0.05) is 21.0 Å². The zero-order valence-electron chi connectivity index (χ0n) is 11.4. The van der Waals surface area contributed by atoms with Crippen LogP contribution in [0.15, 0.2) is 21.7 Å². The predicted molar refractivity (Wildman–Crippen MR) is 80.3 cm³/mol. The molecule has 11 heteroatoms. The van der Waals surface area contributed by atoms with Gasteiger partial charge in [-0.15, -0.1) is 0 Å². The standard InChI is InChI=1S/C11H12BrN7O3/c1-22-8-3-7(12)2-6(10(8)21)4-14-15-9(20)5-19-11(13)16-17-18-19/h2-4,21H,5H2,1H3,(H,15,20)(H2,13,16,18)/b14-4-. The van der Waals surface area contributed by atoms with Crippen LogP contribution in [0.1, 0.15) is 5.56 Å². The Balaban J connectivity index is 2.02. The normalized spacial score (nSPS) is 10.8. The molecule has 1 heterocycles. The quantitative estimate of drug-likeness (QED) is 0.492. The topological polar surface area (TPSA) is 141 Å². The van der Waals surface area contributed by atoms with Gasteiger partial charge in [0.2, 0.25) is 5.95 Å². The summed E-state index contributed by atoms with van der Waals surface area (Å²) in [7, 11) is 1.43. The number of aromatic nitrogens is 4. The predicted octanol–water partition coefficient (Wildman–Crippen LogP) is -0.118. The number of nitrogens with one attached hydrogen (secondary N) is 1. The molecule has 0 saturated heterocycles. The Morgan fingerprint density at radius 3 is 3.05 bits per heavy atom. The van der Waals surface area contributed by atoms with Crippen molar-refractivity contribution in [1.29, 1.82) is 0 Å². The fourth-order valence-corrected chi connectivity index (χ4v) is 1.97. The molecule has 4 N–H and O–H groups in total. The van der Waals surface area contributed by atoms with Gasteiger partial charge in [-0.05, 0) is 22.6 Å². The summed E-state index contributed by atoms with van der Waals surface area (Å²) in [6, 6.07) is 3.22. The Morgan fingerprint density at radius 1 is 1.64 bits per heavy atom.